The molecule has 2 heteroatoms. The Bertz CT molecular complexity index is 130. The van der Waals surface area contributed by atoms with Crippen LogP contribution >= 0.6 is 0 Å². The third-order valence-corrected chi connectivity index (χ3v) is 4.13. The third-order valence-electron chi connectivity index (χ3n) is 4.13. The zero-order chi connectivity index (χ0) is 9.94. The van der Waals surface area contributed by atoms with Crippen molar-refractivity contribution in [3.05, 3.63) is 0 Å². The van der Waals surface area contributed by atoms with Gasteiger partial charge in [0, 0.05) is 0 Å². The molecule has 0 nitrogen and oxygen atoms in total. The molecule has 0 heterocycles. The Labute approximate surface area is 97.5 Å². The minimum atomic E-state index is 0. The topological polar surface area (TPSA) is 0 Å². The van der Waals surface area contributed by atoms with E-state index >= 15 is 0 Å². The maximum absolute atomic E-state index is 2.47. The van der Waals surface area contributed by atoms with Crippen molar-refractivity contribution in [2.24, 2.45) is 11.8 Å². The molecule has 0 spiro atoms. The fourth-order valence-corrected chi connectivity index (χ4v) is 1.93. The molecule has 0 N–H and O–H groups in total. The van der Waals surface area contributed by atoms with Gasteiger partial charge in [-0.05, 0) is 6.71 Å². The summed E-state index contributed by atoms with van der Waals surface area (Å²) < 4.78 is 0. The van der Waals surface area contributed by atoms with Crippen molar-refractivity contribution in [2.75, 3.05) is 0 Å². The van der Waals surface area contributed by atoms with Crippen LogP contribution in [-0.4, -0.2) is 6.71 Å². The van der Waals surface area contributed by atoms with Crippen LogP contribution in [0.4, 0.5) is 0 Å². The average Bonchev–Trinajstić information content (AvgIpc) is 1.85. The quantitative estimate of drug-likeness (QED) is 0.559. The Kier molecular flexibility index (Phi) is 7.69. The van der Waals surface area contributed by atoms with Crippen LogP contribution in [0.2, 0.25) is 18.5 Å². The fraction of sp³-hybridized carbons (Fsp3) is 1.00. The van der Waals surface area contributed by atoms with Gasteiger partial charge in [0.05, 0.1) is 0 Å². The Morgan fingerprint density at radius 3 is 1.69 bits per heavy atom. The van der Waals surface area contributed by atoms with E-state index in [4.69, 9.17) is 0 Å². The van der Waals surface area contributed by atoms with E-state index in [1.165, 1.54) is 6.32 Å². The third kappa shape index (κ3) is 5.18. The van der Waals surface area contributed by atoms with Gasteiger partial charge in [-0.25, -0.2) is 0 Å². The van der Waals surface area contributed by atoms with E-state index in [0.29, 0.717) is 5.31 Å². The number of hydrogen-bond donors (Lipinski definition) is 0. The first-order chi connectivity index (χ1) is 5.28. The molecule has 0 bridgehead atoms. The molecule has 0 saturated carbocycles. The summed E-state index contributed by atoms with van der Waals surface area (Å²) in [6.07, 6.45) is 1.44. The Morgan fingerprint density at radius 2 is 1.46 bits per heavy atom. The van der Waals surface area contributed by atoms with Crippen molar-refractivity contribution in [3.63, 3.8) is 0 Å². The largest absolute Gasteiger partial charge is 1.00 e. The molecule has 1 unspecified atom stereocenters. The van der Waals surface area contributed by atoms with Crippen molar-refractivity contribution in [3.8, 4) is 0 Å². The van der Waals surface area contributed by atoms with Crippen LogP contribution in [0, 0.1) is 11.8 Å². The van der Waals surface area contributed by atoms with E-state index in [9.17, 15) is 0 Å². The molecule has 74 valence electrons. The SMILES string of the molecule is C[BH-](CC(C)C)C(C)(C)C(C)C.[Li+]. The minimum absolute atomic E-state index is 0. The zero-order valence-corrected chi connectivity index (χ0v) is 11.1. The van der Waals surface area contributed by atoms with Crippen LogP contribution < -0.4 is 18.9 Å². The molecule has 0 aromatic rings. The predicted octanol–water partition coefficient (Wildman–Crippen LogP) is 0.940. The summed E-state index contributed by atoms with van der Waals surface area (Å²) in [5.41, 5.74) is 0. The van der Waals surface area contributed by atoms with Crippen molar-refractivity contribution >= 4 is 6.71 Å². The van der Waals surface area contributed by atoms with E-state index in [-0.39, 0.29) is 25.6 Å². The van der Waals surface area contributed by atoms with Gasteiger partial charge in [-0.3, -0.25) is 0 Å². The molecule has 0 rings (SSSR count). The van der Waals surface area contributed by atoms with Crippen molar-refractivity contribution < 1.29 is 18.9 Å². The molecule has 0 radical (unpaired) electrons. The molecule has 0 saturated heterocycles. The van der Waals surface area contributed by atoms with Crippen molar-refractivity contribution in [1.82, 2.24) is 0 Å². The van der Waals surface area contributed by atoms with E-state index in [1.54, 1.807) is 0 Å². The molecular formula is C11H26BLi. The van der Waals surface area contributed by atoms with Gasteiger partial charge in [-0.1, -0.05) is 53.4 Å². The predicted molar refractivity (Wildman–Crippen MR) is 61.5 cm³/mol. The molecule has 13 heavy (non-hydrogen) atoms. The summed E-state index contributed by atoms with van der Waals surface area (Å²) in [4.78, 5) is 0. The molecule has 0 aromatic carbocycles. The van der Waals surface area contributed by atoms with Gasteiger partial charge in [0.1, 0.15) is 0 Å². The minimum Gasteiger partial charge on any atom is -0.192 e. The van der Waals surface area contributed by atoms with Gasteiger partial charge in [0.25, 0.3) is 0 Å². The van der Waals surface area contributed by atoms with Crippen molar-refractivity contribution in [2.45, 2.75) is 60.0 Å². The Hall–Kier alpha value is 0.662. The molecule has 0 aromatic heterocycles. The van der Waals surface area contributed by atoms with Gasteiger partial charge in [-0.15, -0.1) is 0 Å². The van der Waals surface area contributed by atoms with Crippen LogP contribution in [-0.2, 0) is 0 Å². The summed E-state index contributed by atoms with van der Waals surface area (Å²) >= 11 is 0. The summed E-state index contributed by atoms with van der Waals surface area (Å²) in [5, 5.41) is 0.574. The first-order valence-corrected chi connectivity index (χ1v) is 5.57. The molecule has 0 aliphatic carbocycles. The first kappa shape index (κ1) is 16.1. The second-order valence-corrected chi connectivity index (χ2v) is 5.93. The molecular weight excluding hydrogens is 150 g/mol. The Morgan fingerprint density at radius 1 is 1.08 bits per heavy atom. The van der Waals surface area contributed by atoms with E-state index < -0.39 is 0 Å². The maximum Gasteiger partial charge on any atom is 1.00 e. The van der Waals surface area contributed by atoms with E-state index in [1.807, 2.05) is 0 Å². The smallest absolute Gasteiger partial charge is 0.192 e. The molecule has 0 amide bonds. The van der Waals surface area contributed by atoms with Crippen LogP contribution in [0.25, 0.3) is 0 Å². The first-order valence-electron chi connectivity index (χ1n) is 5.57. The Balaban J connectivity index is 0. The van der Waals surface area contributed by atoms with Gasteiger partial charge in [0.2, 0.25) is 0 Å². The average molecular weight is 176 g/mol. The molecule has 0 aliphatic heterocycles. The van der Waals surface area contributed by atoms with E-state index in [0.717, 1.165) is 11.8 Å². The normalized spacial score (nSPS) is 14.5. The second kappa shape index (κ2) is 6.20. The standard InChI is InChI=1S/C11H26B.Li/c1-9(2)8-12(7)11(5,6)10(3)4;/h9-10,12H,8H2,1-7H3;/q-1;+1. The molecule has 0 fully saturated rings. The monoisotopic (exact) mass is 176 g/mol. The van der Waals surface area contributed by atoms with Gasteiger partial charge in [0.15, 0.2) is 0 Å². The number of hydrogen-bond acceptors (Lipinski definition) is 0. The maximum atomic E-state index is 2.47. The zero-order valence-electron chi connectivity index (χ0n) is 11.1. The molecule has 1 atom stereocenters. The van der Waals surface area contributed by atoms with Gasteiger partial charge >= 0.3 is 18.9 Å². The fourth-order valence-electron chi connectivity index (χ4n) is 1.93. The van der Waals surface area contributed by atoms with Crippen molar-refractivity contribution in [1.29, 1.82) is 0 Å². The van der Waals surface area contributed by atoms with Crippen LogP contribution in [0.1, 0.15) is 41.5 Å². The number of rotatable bonds is 4. The van der Waals surface area contributed by atoms with Gasteiger partial charge < -0.3 is 0 Å². The van der Waals surface area contributed by atoms with Gasteiger partial charge in [-0.2, -0.15) is 18.5 Å². The summed E-state index contributed by atoms with van der Waals surface area (Å²) in [5.74, 6) is 1.69. The van der Waals surface area contributed by atoms with E-state index in [2.05, 4.69) is 48.4 Å². The summed E-state index contributed by atoms with van der Waals surface area (Å²) in [6.45, 7) is 16.7. The summed E-state index contributed by atoms with van der Waals surface area (Å²) in [7, 11) is 0. The second-order valence-electron chi connectivity index (χ2n) is 5.93. The van der Waals surface area contributed by atoms with Crippen LogP contribution in [0.5, 0.6) is 0 Å². The van der Waals surface area contributed by atoms with Crippen LogP contribution in [0.15, 0.2) is 0 Å². The van der Waals surface area contributed by atoms with Crippen LogP contribution in [0.3, 0.4) is 0 Å². The molecule has 0 aliphatic rings. The summed E-state index contributed by atoms with van der Waals surface area (Å²) in [6, 6.07) is 0.